The Kier molecular flexibility index (Phi) is 6.33. The first kappa shape index (κ1) is 23.5. The molecule has 8 nitrogen and oxygen atoms in total. The lowest BCUT2D eigenvalue weighted by Crippen LogP contribution is -2.26. The predicted octanol–water partition coefficient (Wildman–Crippen LogP) is 3.81. The van der Waals surface area contributed by atoms with E-state index in [1.807, 2.05) is 48.7 Å². The molecule has 1 amide bonds. The van der Waals surface area contributed by atoms with Gasteiger partial charge in [0.2, 0.25) is 0 Å². The van der Waals surface area contributed by atoms with Gasteiger partial charge in [0.05, 0.1) is 51.9 Å². The molecule has 1 saturated heterocycles. The Labute approximate surface area is 207 Å². The van der Waals surface area contributed by atoms with E-state index in [1.165, 1.54) is 11.3 Å². The number of fused-ring (bicyclic) bond motifs is 1. The van der Waals surface area contributed by atoms with Crippen LogP contribution in [0.15, 0.2) is 47.8 Å². The van der Waals surface area contributed by atoms with E-state index in [0.717, 1.165) is 16.2 Å². The van der Waals surface area contributed by atoms with Gasteiger partial charge >= 0.3 is 0 Å². The lowest BCUT2D eigenvalue weighted by Gasteiger charge is -2.12. The second-order valence-corrected chi connectivity index (χ2v) is 11.9. The van der Waals surface area contributed by atoms with Gasteiger partial charge < -0.3 is 10.1 Å². The van der Waals surface area contributed by atoms with Crippen LogP contribution in [0.3, 0.4) is 0 Å². The largest absolute Gasteiger partial charge is 0.497 e. The van der Waals surface area contributed by atoms with Gasteiger partial charge in [-0.1, -0.05) is 18.2 Å². The maximum atomic E-state index is 13.4. The van der Waals surface area contributed by atoms with E-state index in [9.17, 15) is 13.2 Å². The van der Waals surface area contributed by atoms with Crippen molar-refractivity contribution in [3.05, 3.63) is 64.7 Å². The van der Waals surface area contributed by atoms with Crippen LogP contribution in [0.2, 0.25) is 0 Å². The molecule has 0 bridgehead atoms. The van der Waals surface area contributed by atoms with Crippen molar-refractivity contribution >= 4 is 38.1 Å². The summed E-state index contributed by atoms with van der Waals surface area (Å²) in [6.45, 7) is 2.29. The number of thiophene rings is 1. The summed E-state index contributed by atoms with van der Waals surface area (Å²) in [7, 11) is -1.47. The van der Waals surface area contributed by atoms with Crippen LogP contribution in [0.5, 0.6) is 5.75 Å². The number of methoxy groups -OCH3 is 1. The van der Waals surface area contributed by atoms with E-state index in [2.05, 4.69) is 10.4 Å². The number of pyridine rings is 1. The molecule has 35 heavy (non-hydrogen) atoms. The molecule has 4 aromatic rings. The highest BCUT2D eigenvalue weighted by Gasteiger charge is 2.32. The van der Waals surface area contributed by atoms with Crippen LogP contribution in [-0.4, -0.2) is 54.2 Å². The molecular formula is C25H26N4O4S2. The highest BCUT2D eigenvalue weighted by Crippen LogP contribution is 2.33. The number of amides is 1. The fourth-order valence-electron chi connectivity index (χ4n) is 4.51. The highest BCUT2D eigenvalue weighted by atomic mass is 32.2. The Hall–Kier alpha value is -3.24. The number of aryl methyl sites for hydroxylation is 1. The van der Waals surface area contributed by atoms with Gasteiger partial charge in [-0.3, -0.25) is 4.79 Å². The molecular weight excluding hydrogens is 484 g/mol. The molecule has 1 N–H and O–H groups in total. The van der Waals surface area contributed by atoms with Crippen LogP contribution in [0.4, 0.5) is 0 Å². The van der Waals surface area contributed by atoms with Gasteiger partial charge in [0.15, 0.2) is 15.5 Å². The van der Waals surface area contributed by atoms with Gasteiger partial charge in [-0.15, -0.1) is 11.3 Å². The molecule has 0 spiro atoms. The van der Waals surface area contributed by atoms with E-state index < -0.39 is 9.84 Å². The summed E-state index contributed by atoms with van der Waals surface area (Å²) in [4.78, 5) is 19.2. The second kappa shape index (κ2) is 9.43. The molecule has 0 aliphatic carbocycles. The Morgan fingerprint density at radius 2 is 2.11 bits per heavy atom. The first-order valence-electron chi connectivity index (χ1n) is 11.4. The fraction of sp³-hybridized carbons (Fsp3) is 0.320. The van der Waals surface area contributed by atoms with E-state index in [1.54, 1.807) is 17.9 Å². The topological polar surface area (TPSA) is 103 Å². The SMILES string of the molecule is COc1cccc(CCNC(=O)c2cc(-c3cccs3)nc3c2c(C)nn3C2CCS(=O)(=O)C2)c1. The summed E-state index contributed by atoms with van der Waals surface area (Å²) in [5.74, 6) is 0.748. The third-order valence-electron chi connectivity index (χ3n) is 6.24. The van der Waals surface area contributed by atoms with Gasteiger partial charge in [0.1, 0.15) is 5.75 Å². The van der Waals surface area contributed by atoms with Crippen molar-refractivity contribution in [2.75, 3.05) is 25.2 Å². The number of sulfone groups is 1. The van der Waals surface area contributed by atoms with Crippen LogP contribution in [-0.2, 0) is 16.3 Å². The molecule has 1 atom stereocenters. The van der Waals surface area contributed by atoms with Crippen molar-refractivity contribution in [3.63, 3.8) is 0 Å². The number of hydrogen-bond acceptors (Lipinski definition) is 7. The van der Waals surface area contributed by atoms with E-state index in [0.29, 0.717) is 47.4 Å². The van der Waals surface area contributed by atoms with Crippen molar-refractivity contribution in [3.8, 4) is 16.3 Å². The second-order valence-electron chi connectivity index (χ2n) is 8.68. The number of ether oxygens (including phenoxy) is 1. The minimum absolute atomic E-state index is 0.0379. The van der Waals surface area contributed by atoms with Crippen molar-refractivity contribution in [1.29, 1.82) is 0 Å². The maximum Gasteiger partial charge on any atom is 0.252 e. The number of benzene rings is 1. The summed E-state index contributed by atoms with van der Waals surface area (Å²) >= 11 is 1.54. The van der Waals surface area contributed by atoms with Gasteiger partial charge in [-0.2, -0.15) is 5.10 Å². The van der Waals surface area contributed by atoms with Crippen molar-refractivity contribution in [2.24, 2.45) is 0 Å². The summed E-state index contributed by atoms with van der Waals surface area (Å²) in [5, 5.41) is 10.3. The first-order chi connectivity index (χ1) is 16.8. The van der Waals surface area contributed by atoms with Gasteiger partial charge in [0.25, 0.3) is 5.91 Å². The van der Waals surface area contributed by atoms with Crippen LogP contribution < -0.4 is 10.1 Å². The van der Waals surface area contributed by atoms with Crippen LogP contribution >= 0.6 is 11.3 Å². The quantitative estimate of drug-likeness (QED) is 0.406. The minimum atomic E-state index is -3.10. The Morgan fingerprint density at radius 3 is 2.83 bits per heavy atom. The number of carbonyl (C=O) groups excluding carboxylic acids is 1. The number of carbonyl (C=O) groups is 1. The Morgan fingerprint density at radius 1 is 1.26 bits per heavy atom. The zero-order valence-corrected chi connectivity index (χ0v) is 21.2. The summed E-state index contributed by atoms with van der Waals surface area (Å²) < 4.78 is 31.2. The lowest BCUT2D eigenvalue weighted by molar-refractivity contribution is 0.0955. The molecule has 1 aromatic carbocycles. The Balaban J connectivity index is 1.49. The lowest BCUT2D eigenvalue weighted by atomic mass is 10.1. The minimum Gasteiger partial charge on any atom is -0.497 e. The zero-order valence-electron chi connectivity index (χ0n) is 19.5. The van der Waals surface area contributed by atoms with Crippen molar-refractivity contribution < 1.29 is 17.9 Å². The normalized spacial score (nSPS) is 17.0. The van der Waals surface area contributed by atoms with Crippen molar-refractivity contribution in [1.82, 2.24) is 20.1 Å². The Bertz CT molecular complexity index is 1490. The van der Waals surface area contributed by atoms with E-state index in [-0.39, 0.29) is 23.5 Å². The van der Waals surface area contributed by atoms with E-state index >= 15 is 0 Å². The third kappa shape index (κ3) is 4.81. The van der Waals surface area contributed by atoms with Crippen LogP contribution in [0.1, 0.15) is 34.1 Å². The summed E-state index contributed by atoms with van der Waals surface area (Å²) in [6.07, 6.45) is 1.15. The average molecular weight is 511 g/mol. The smallest absolute Gasteiger partial charge is 0.252 e. The predicted molar refractivity (Wildman–Crippen MR) is 137 cm³/mol. The van der Waals surface area contributed by atoms with Gasteiger partial charge in [0, 0.05) is 6.54 Å². The molecule has 1 unspecified atom stereocenters. The summed E-state index contributed by atoms with van der Waals surface area (Å²) in [6, 6.07) is 13.2. The summed E-state index contributed by atoms with van der Waals surface area (Å²) in [5.41, 5.74) is 3.44. The molecule has 1 aliphatic rings. The van der Waals surface area contributed by atoms with Gasteiger partial charge in [-0.05, 0) is 55.0 Å². The maximum absolute atomic E-state index is 13.4. The van der Waals surface area contributed by atoms with Crippen LogP contribution in [0.25, 0.3) is 21.6 Å². The number of rotatable bonds is 7. The van der Waals surface area contributed by atoms with Crippen molar-refractivity contribution in [2.45, 2.75) is 25.8 Å². The number of hydrogen-bond donors (Lipinski definition) is 1. The van der Waals surface area contributed by atoms with Crippen LogP contribution in [0, 0.1) is 6.92 Å². The number of aromatic nitrogens is 3. The molecule has 1 fully saturated rings. The average Bonchev–Trinajstić information content (AvgIpc) is 3.58. The monoisotopic (exact) mass is 510 g/mol. The molecule has 0 saturated carbocycles. The molecule has 0 radical (unpaired) electrons. The zero-order chi connectivity index (χ0) is 24.6. The number of nitrogens with one attached hydrogen (secondary N) is 1. The highest BCUT2D eigenvalue weighted by molar-refractivity contribution is 7.91. The third-order valence-corrected chi connectivity index (χ3v) is 8.89. The first-order valence-corrected chi connectivity index (χ1v) is 14.1. The van der Waals surface area contributed by atoms with Gasteiger partial charge in [-0.25, -0.2) is 18.1 Å². The molecule has 4 heterocycles. The fourth-order valence-corrected chi connectivity index (χ4v) is 6.89. The molecule has 5 rings (SSSR count). The molecule has 182 valence electrons. The van der Waals surface area contributed by atoms with E-state index in [4.69, 9.17) is 9.72 Å². The molecule has 10 heteroatoms. The number of nitrogens with zero attached hydrogens (tertiary/aromatic N) is 3. The molecule has 1 aliphatic heterocycles. The standard InChI is InChI=1S/C25H26N4O4S2/c1-16-23-20(25(30)26-10-8-17-5-3-6-19(13-17)33-2)14-21(22-7-4-11-34-22)27-24(23)29(28-16)18-9-12-35(31,32)15-18/h3-7,11,13-14,18H,8-10,12,15H2,1-2H3,(H,26,30). The molecule has 3 aromatic heterocycles.